The molecule has 0 heterocycles. The molecule has 0 saturated carbocycles. The number of nitrogen functional groups attached to an aromatic ring is 1. The monoisotopic (exact) mass is 280 g/mol. The first kappa shape index (κ1) is 15.9. The van der Waals surface area contributed by atoms with Gasteiger partial charge in [0, 0.05) is 25.7 Å². The summed E-state index contributed by atoms with van der Waals surface area (Å²) in [5.41, 5.74) is 2.85. The third kappa shape index (κ3) is 3.92. The number of anilines is 1. The lowest BCUT2D eigenvalue weighted by molar-refractivity contribution is -0.384. The lowest BCUT2D eigenvalue weighted by atomic mass is 10.1. The van der Waals surface area contributed by atoms with E-state index >= 15 is 0 Å². The molecule has 0 bridgehead atoms. The average Bonchev–Trinajstić information content (AvgIpc) is 2.45. The van der Waals surface area contributed by atoms with E-state index in [1.165, 1.54) is 18.2 Å². The van der Waals surface area contributed by atoms with E-state index < -0.39 is 4.92 Å². The fourth-order valence-corrected chi connectivity index (χ4v) is 1.85. The van der Waals surface area contributed by atoms with E-state index in [9.17, 15) is 14.9 Å². The molecule has 0 aliphatic heterocycles. The maximum absolute atomic E-state index is 12.3. The molecule has 0 saturated heterocycles. The minimum absolute atomic E-state index is 0.130. The molecule has 110 valence electrons. The topological polar surface area (TPSA) is 102 Å². The summed E-state index contributed by atoms with van der Waals surface area (Å²) in [4.78, 5) is 24.1. The zero-order valence-electron chi connectivity index (χ0n) is 11.8. The number of nitrogens with two attached hydrogens (primary N) is 1. The SMILES string of the molecule is CCCCCN(C)C(=O)c1cc([N+](=O)[O-])ccc1NN. The number of hydrogen-bond donors (Lipinski definition) is 2. The second kappa shape index (κ2) is 7.44. The fourth-order valence-electron chi connectivity index (χ4n) is 1.85. The van der Waals surface area contributed by atoms with Gasteiger partial charge in [-0.25, -0.2) is 0 Å². The van der Waals surface area contributed by atoms with Crippen molar-refractivity contribution in [2.45, 2.75) is 26.2 Å². The van der Waals surface area contributed by atoms with Crippen LogP contribution in [0.2, 0.25) is 0 Å². The van der Waals surface area contributed by atoms with Crippen molar-refractivity contribution in [2.75, 3.05) is 19.0 Å². The van der Waals surface area contributed by atoms with Crippen LogP contribution >= 0.6 is 0 Å². The predicted octanol–water partition coefficient (Wildman–Crippen LogP) is 2.14. The molecule has 0 spiro atoms. The van der Waals surface area contributed by atoms with Crippen LogP contribution in [0.15, 0.2) is 18.2 Å². The summed E-state index contributed by atoms with van der Waals surface area (Å²) in [6.45, 7) is 2.69. The van der Waals surface area contributed by atoms with Crippen LogP contribution in [0.25, 0.3) is 0 Å². The fraction of sp³-hybridized carbons (Fsp3) is 0.462. The average molecular weight is 280 g/mol. The van der Waals surface area contributed by atoms with Crippen LogP contribution < -0.4 is 11.3 Å². The molecule has 1 aromatic rings. The molecule has 0 fully saturated rings. The maximum atomic E-state index is 12.3. The zero-order valence-corrected chi connectivity index (χ0v) is 11.8. The Morgan fingerprint density at radius 1 is 1.45 bits per heavy atom. The van der Waals surface area contributed by atoms with Gasteiger partial charge in [0.15, 0.2) is 0 Å². The molecule has 0 radical (unpaired) electrons. The largest absolute Gasteiger partial charge is 0.342 e. The highest BCUT2D eigenvalue weighted by Crippen LogP contribution is 2.22. The number of carbonyl (C=O) groups excluding carboxylic acids is 1. The Balaban J connectivity index is 2.94. The van der Waals surface area contributed by atoms with Gasteiger partial charge in [-0.2, -0.15) is 0 Å². The molecule has 7 heteroatoms. The Hall–Kier alpha value is -2.15. The van der Waals surface area contributed by atoms with Crippen molar-refractivity contribution in [2.24, 2.45) is 5.84 Å². The summed E-state index contributed by atoms with van der Waals surface area (Å²) < 4.78 is 0. The smallest absolute Gasteiger partial charge is 0.270 e. The predicted molar refractivity (Wildman–Crippen MR) is 77.4 cm³/mol. The lowest BCUT2D eigenvalue weighted by Gasteiger charge is -2.18. The molecule has 20 heavy (non-hydrogen) atoms. The van der Waals surface area contributed by atoms with E-state index in [1.54, 1.807) is 11.9 Å². The normalized spacial score (nSPS) is 10.2. The second-order valence-corrected chi connectivity index (χ2v) is 4.57. The number of nitro groups is 1. The van der Waals surface area contributed by atoms with Crippen LogP contribution in [0, 0.1) is 10.1 Å². The molecule has 1 aromatic carbocycles. The second-order valence-electron chi connectivity index (χ2n) is 4.57. The van der Waals surface area contributed by atoms with Crippen LogP contribution in [0.3, 0.4) is 0 Å². The van der Waals surface area contributed by atoms with Crippen molar-refractivity contribution in [3.05, 3.63) is 33.9 Å². The van der Waals surface area contributed by atoms with Gasteiger partial charge in [0.05, 0.1) is 16.2 Å². The summed E-state index contributed by atoms with van der Waals surface area (Å²) >= 11 is 0. The highest BCUT2D eigenvalue weighted by atomic mass is 16.6. The summed E-state index contributed by atoms with van der Waals surface area (Å²) in [6.07, 6.45) is 3.00. The number of nitro benzene ring substituents is 1. The first-order valence-corrected chi connectivity index (χ1v) is 6.51. The summed E-state index contributed by atoms with van der Waals surface area (Å²) in [5, 5.41) is 10.8. The Morgan fingerprint density at radius 3 is 2.70 bits per heavy atom. The molecule has 0 unspecified atom stereocenters. The Morgan fingerprint density at radius 2 is 2.15 bits per heavy atom. The van der Waals surface area contributed by atoms with Crippen molar-refractivity contribution >= 4 is 17.3 Å². The van der Waals surface area contributed by atoms with Crippen LogP contribution in [0.1, 0.15) is 36.5 Å². The van der Waals surface area contributed by atoms with Crippen molar-refractivity contribution in [3.63, 3.8) is 0 Å². The quantitative estimate of drug-likeness (QED) is 0.345. The third-order valence-corrected chi connectivity index (χ3v) is 3.04. The van der Waals surface area contributed by atoms with Gasteiger partial charge in [-0.15, -0.1) is 0 Å². The number of nitrogens with zero attached hydrogens (tertiary/aromatic N) is 2. The maximum Gasteiger partial charge on any atom is 0.270 e. The van der Waals surface area contributed by atoms with Crippen LogP contribution in [-0.2, 0) is 0 Å². The molecular weight excluding hydrogens is 260 g/mol. The number of non-ortho nitro benzene ring substituents is 1. The van der Waals surface area contributed by atoms with Gasteiger partial charge in [0.25, 0.3) is 11.6 Å². The van der Waals surface area contributed by atoms with E-state index in [4.69, 9.17) is 5.84 Å². The number of unbranched alkanes of at least 4 members (excludes halogenated alkanes) is 2. The van der Waals surface area contributed by atoms with Gasteiger partial charge in [-0.05, 0) is 12.5 Å². The lowest BCUT2D eigenvalue weighted by Crippen LogP contribution is -2.29. The number of hydrogen-bond acceptors (Lipinski definition) is 5. The molecule has 7 nitrogen and oxygen atoms in total. The van der Waals surface area contributed by atoms with Crippen LogP contribution in [-0.4, -0.2) is 29.3 Å². The van der Waals surface area contributed by atoms with Gasteiger partial charge in [-0.1, -0.05) is 19.8 Å². The number of carbonyl (C=O) groups is 1. The van der Waals surface area contributed by atoms with Gasteiger partial charge >= 0.3 is 0 Å². The number of nitrogens with one attached hydrogen (secondary N) is 1. The number of amides is 1. The Bertz CT molecular complexity index is 491. The molecule has 1 rings (SSSR count). The summed E-state index contributed by atoms with van der Waals surface area (Å²) in [6, 6.07) is 3.99. The highest BCUT2D eigenvalue weighted by Gasteiger charge is 2.19. The van der Waals surface area contributed by atoms with Gasteiger partial charge in [0.2, 0.25) is 0 Å². The van der Waals surface area contributed by atoms with E-state index in [1.807, 2.05) is 0 Å². The molecule has 0 aromatic heterocycles. The number of benzene rings is 1. The van der Waals surface area contributed by atoms with Gasteiger partial charge in [0.1, 0.15) is 0 Å². The zero-order chi connectivity index (χ0) is 15.1. The first-order chi connectivity index (χ1) is 9.51. The standard InChI is InChI=1S/C13H20N4O3/c1-3-4-5-8-16(2)13(18)11-9-10(17(19)20)6-7-12(11)15-14/h6-7,9,15H,3-5,8,14H2,1-2H3. The molecule has 3 N–H and O–H groups in total. The van der Waals surface area contributed by atoms with E-state index in [0.29, 0.717) is 12.2 Å². The number of hydrazine groups is 1. The van der Waals surface area contributed by atoms with Crippen molar-refractivity contribution in [1.29, 1.82) is 0 Å². The summed E-state index contributed by atoms with van der Waals surface area (Å²) in [5.74, 6) is 5.07. The Kier molecular flexibility index (Phi) is 5.92. The van der Waals surface area contributed by atoms with E-state index in [0.717, 1.165) is 19.3 Å². The minimum atomic E-state index is -0.534. The summed E-state index contributed by atoms with van der Waals surface area (Å²) in [7, 11) is 1.68. The Labute approximate surface area is 117 Å². The highest BCUT2D eigenvalue weighted by molar-refractivity contribution is 6.00. The van der Waals surface area contributed by atoms with Crippen molar-refractivity contribution in [1.82, 2.24) is 4.90 Å². The van der Waals surface area contributed by atoms with E-state index in [-0.39, 0.29) is 17.2 Å². The molecular formula is C13H20N4O3. The number of rotatable bonds is 7. The van der Waals surface area contributed by atoms with Crippen molar-refractivity contribution < 1.29 is 9.72 Å². The van der Waals surface area contributed by atoms with E-state index in [2.05, 4.69) is 12.3 Å². The van der Waals surface area contributed by atoms with Gasteiger partial charge < -0.3 is 10.3 Å². The van der Waals surface area contributed by atoms with Gasteiger partial charge in [-0.3, -0.25) is 20.8 Å². The van der Waals surface area contributed by atoms with Crippen molar-refractivity contribution in [3.8, 4) is 0 Å². The molecule has 0 atom stereocenters. The van der Waals surface area contributed by atoms with Crippen LogP contribution in [0.4, 0.5) is 11.4 Å². The molecule has 0 aliphatic rings. The minimum Gasteiger partial charge on any atom is -0.342 e. The molecule has 0 aliphatic carbocycles. The first-order valence-electron chi connectivity index (χ1n) is 6.51. The van der Waals surface area contributed by atoms with Crippen LogP contribution in [0.5, 0.6) is 0 Å². The third-order valence-electron chi connectivity index (χ3n) is 3.04. The molecule has 1 amide bonds.